The van der Waals surface area contributed by atoms with E-state index >= 15 is 0 Å². The van der Waals surface area contributed by atoms with Crippen molar-refractivity contribution in [3.05, 3.63) is 53.6 Å². The molecule has 0 amide bonds. The molecule has 0 N–H and O–H groups in total. The maximum Gasteiger partial charge on any atom is 0.573 e. The molecule has 2 aromatic rings. The van der Waals surface area contributed by atoms with Crippen LogP contribution >= 0.6 is 0 Å². The Morgan fingerprint density at radius 1 is 0.900 bits per heavy atom. The fraction of sp³-hybridized carbons (Fsp3) is 0.500. The molecule has 1 aliphatic carbocycles. The molecule has 0 radical (unpaired) electrons. The predicted octanol–water partition coefficient (Wildman–Crippen LogP) is 8.38. The summed E-state index contributed by atoms with van der Waals surface area (Å²) in [5, 5.41) is 0. The summed E-state index contributed by atoms with van der Waals surface area (Å²) < 4.78 is 70.1. The van der Waals surface area contributed by atoms with Crippen molar-refractivity contribution < 1.29 is 26.7 Å². The van der Waals surface area contributed by atoms with Gasteiger partial charge in [0.2, 0.25) is 0 Å². The van der Waals surface area contributed by atoms with E-state index in [4.69, 9.17) is 0 Å². The summed E-state index contributed by atoms with van der Waals surface area (Å²) in [6.07, 6.45) is 4.15. The molecule has 1 fully saturated rings. The van der Waals surface area contributed by atoms with Crippen LogP contribution in [0.15, 0.2) is 36.4 Å². The standard InChI is InChI=1S/C24H27F5O/c1-2-3-4-5-16-6-8-17(9-7-16)19-14-21(25)23(22(26)15-19)18-10-12-20(13-11-18)30-24(27,28)29/h10-17H,2-9H2,1H3. The average Bonchev–Trinajstić information content (AvgIpc) is 2.68. The third-order valence-corrected chi connectivity index (χ3v) is 5.98. The Balaban J connectivity index is 1.69. The Morgan fingerprint density at radius 2 is 1.50 bits per heavy atom. The van der Waals surface area contributed by atoms with Gasteiger partial charge in [-0.15, -0.1) is 13.2 Å². The lowest BCUT2D eigenvalue weighted by Gasteiger charge is -2.29. The number of hydrogen-bond acceptors (Lipinski definition) is 1. The van der Waals surface area contributed by atoms with Crippen LogP contribution in [0.4, 0.5) is 22.0 Å². The van der Waals surface area contributed by atoms with E-state index in [1.54, 1.807) is 0 Å². The molecular weight excluding hydrogens is 399 g/mol. The molecule has 3 rings (SSSR count). The first-order valence-corrected chi connectivity index (χ1v) is 10.6. The number of benzene rings is 2. The van der Waals surface area contributed by atoms with Gasteiger partial charge in [0.05, 0.1) is 5.56 Å². The van der Waals surface area contributed by atoms with Gasteiger partial charge in [-0.25, -0.2) is 8.78 Å². The first-order valence-electron chi connectivity index (χ1n) is 10.6. The third-order valence-electron chi connectivity index (χ3n) is 5.98. The van der Waals surface area contributed by atoms with Gasteiger partial charge < -0.3 is 4.74 Å². The number of alkyl halides is 3. The van der Waals surface area contributed by atoms with Crippen LogP contribution in [0.5, 0.6) is 5.75 Å². The fourth-order valence-electron chi connectivity index (χ4n) is 4.39. The zero-order chi connectivity index (χ0) is 21.7. The highest BCUT2D eigenvalue weighted by molar-refractivity contribution is 5.66. The van der Waals surface area contributed by atoms with E-state index in [0.717, 1.165) is 37.8 Å². The Hall–Kier alpha value is -2.11. The minimum Gasteiger partial charge on any atom is -0.406 e. The Morgan fingerprint density at radius 3 is 2.03 bits per heavy atom. The van der Waals surface area contributed by atoms with Gasteiger partial charge in [0.1, 0.15) is 17.4 Å². The molecule has 6 heteroatoms. The number of halogens is 5. The minimum atomic E-state index is -4.81. The van der Waals surface area contributed by atoms with E-state index in [-0.39, 0.29) is 17.0 Å². The van der Waals surface area contributed by atoms with E-state index in [2.05, 4.69) is 11.7 Å². The second-order valence-corrected chi connectivity index (χ2v) is 8.15. The van der Waals surface area contributed by atoms with Crippen LogP contribution in [-0.4, -0.2) is 6.36 Å². The largest absolute Gasteiger partial charge is 0.573 e. The van der Waals surface area contributed by atoms with Crippen LogP contribution in [-0.2, 0) is 0 Å². The zero-order valence-corrected chi connectivity index (χ0v) is 17.1. The molecule has 0 heterocycles. The molecule has 1 nitrogen and oxygen atoms in total. The highest BCUT2D eigenvalue weighted by Crippen LogP contribution is 2.40. The summed E-state index contributed by atoms with van der Waals surface area (Å²) in [4.78, 5) is 0. The predicted molar refractivity (Wildman–Crippen MR) is 107 cm³/mol. The van der Waals surface area contributed by atoms with Crippen LogP contribution in [0, 0.1) is 17.6 Å². The number of hydrogen-bond donors (Lipinski definition) is 0. The molecule has 0 aliphatic heterocycles. The molecule has 0 unspecified atom stereocenters. The lowest BCUT2D eigenvalue weighted by atomic mass is 9.77. The summed E-state index contributed by atoms with van der Waals surface area (Å²) >= 11 is 0. The molecular formula is C24H27F5O. The molecule has 164 valence electrons. The highest BCUT2D eigenvalue weighted by Gasteiger charge is 2.31. The minimum absolute atomic E-state index is 0.146. The monoisotopic (exact) mass is 426 g/mol. The van der Waals surface area contributed by atoms with Crippen LogP contribution in [0.3, 0.4) is 0 Å². The second kappa shape index (κ2) is 9.80. The van der Waals surface area contributed by atoms with Gasteiger partial charge in [-0.1, -0.05) is 44.7 Å². The van der Waals surface area contributed by atoms with E-state index in [1.165, 1.54) is 49.9 Å². The van der Waals surface area contributed by atoms with Gasteiger partial charge in [-0.2, -0.15) is 0 Å². The lowest BCUT2D eigenvalue weighted by molar-refractivity contribution is -0.274. The summed E-state index contributed by atoms with van der Waals surface area (Å²) in [5.74, 6) is -0.967. The smallest absolute Gasteiger partial charge is 0.406 e. The molecule has 0 atom stereocenters. The SMILES string of the molecule is CCCCCC1CCC(c2cc(F)c(-c3ccc(OC(F)(F)F)cc3)c(F)c2)CC1. The molecule has 30 heavy (non-hydrogen) atoms. The molecule has 0 saturated heterocycles. The third kappa shape index (κ3) is 5.96. The fourth-order valence-corrected chi connectivity index (χ4v) is 4.39. The van der Waals surface area contributed by atoms with Crippen molar-refractivity contribution in [1.29, 1.82) is 0 Å². The van der Waals surface area contributed by atoms with Gasteiger partial charge in [0.15, 0.2) is 0 Å². The van der Waals surface area contributed by atoms with Crippen molar-refractivity contribution in [2.45, 2.75) is 70.6 Å². The second-order valence-electron chi connectivity index (χ2n) is 8.15. The van der Waals surface area contributed by atoms with Crippen molar-refractivity contribution in [2.75, 3.05) is 0 Å². The zero-order valence-electron chi connectivity index (χ0n) is 17.1. The first kappa shape index (κ1) is 22.6. The van der Waals surface area contributed by atoms with Crippen molar-refractivity contribution in [1.82, 2.24) is 0 Å². The van der Waals surface area contributed by atoms with Crippen molar-refractivity contribution in [3.63, 3.8) is 0 Å². The van der Waals surface area contributed by atoms with Crippen LogP contribution < -0.4 is 4.74 Å². The Kier molecular flexibility index (Phi) is 7.37. The highest BCUT2D eigenvalue weighted by atomic mass is 19.4. The van der Waals surface area contributed by atoms with Gasteiger partial charge in [-0.05, 0) is 72.9 Å². The quantitative estimate of drug-likeness (QED) is 0.319. The summed E-state index contributed by atoms with van der Waals surface area (Å²) in [6.45, 7) is 2.19. The normalized spacial score (nSPS) is 19.7. The lowest BCUT2D eigenvalue weighted by Crippen LogP contribution is -2.17. The van der Waals surface area contributed by atoms with E-state index in [9.17, 15) is 22.0 Å². The van der Waals surface area contributed by atoms with E-state index in [0.29, 0.717) is 11.5 Å². The van der Waals surface area contributed by atoms with Gasteiger partial charge in [-0.3, -0.25) is 0 Å². The van der Waals surface area contributed by atoms with Crippen molar-refractivity contribution in [2.24, 2.45) is 5.92 Å². The molecule has 1 saturated carbocycles. The first-order chi connectivity index (χ1) is 14.3. The topological polar surface area (TPSA) is 9.23 Å². The number of unbranched alkanes of at least 4 members (excludes halogenated alkanes) is 2. The average molecular weight is 426 g/mol. The summed E-state index contributed by atoms with van der Waals surface area (Å²) in [5.41, 5.74) is 0.606. The molecule has 1 aliphatic rings. The number of ether oxygens (including phenoxy) is 1. The van der Waals surface area contributed by atoms with Crippen LogP contribution in [0.2, 0.25) is 0 Å². The van der Waals surface area contributed by atoms with Crippen molar-refractivity contribution in [3.8, 4) is 16.9 Å². The van der Waals surface area contributed by atoms with Gasteiger partial charge in [0, 0.05) is 0 Å². The maximum absolute atomic E-state index is 14.8. The molecule has 0 bridgehead atoms. The van der Waals surface area contributed by atoms with Gasteiger partial charge in [0.25, 0.3) is 0 Å². The maximum atomic E-state index is 14.8. The number of rotatable bonds is 7. The van der Waals surface area contributed by atoms with E-state index in [1.807, 2.05) is 0 Å². The van der Waals surface area contributed by atoms with Crippen LogP contribution in [0.1, 0.15) is 69.8 Å². The molecule has 2 aromatic carbocycles. The van der Waals surface area contributed by atoms with Crippen molar-refractivity contribution >= 4 is 0 Å². The van der Waals surface area contributed by atoms with Gasteiger partial charge >= 0.3 is 6.36 Å². The molecule has 0 aromatic heterocycles. The summed E-state index contributed by atoms with van der Waals surface area (Å²) in [7, 11) is 0. The summed E-state index contributed by atoms with van der Waals surface area (Å²) in [6, 6.07) is 7.31. The van der Waals surface area contributed by atoms with E-state index < -0.39 is 23.7 Å². The Labute approximate surface area is 174 Å². The Bertz CT molecular complexity index is 797. The molecule has 0 spiro atoms. The van der Waals surface area contributed by atoms with Crippen LogP contribution in [0.25, 0.3) is 11.1 Å².